The van der Waals surface area contributed by atoms with Crippen molar-refractivity contribution < 1.29 is 18.0 Å². The molecule has 0 radical (unpaired) electrons. The lowest BCUT2D eigenvalue weighted by atomic mass is 10.1. The Morgan fingerprint density at radius 2 is 1.41 bits per heavy atom. The molecule has 0 unspecified atom stereocenters. The molecule has 39 heavy (non-hydrogen) atoms. The topological polar surface area (TPSA) is 86.8 Å². The van der Waals surface area contributed by atoms with E-state index in [9.17, 15) is 18.0 Å². The molecule has 0 bridgehead atoms. The molecule has 1 atom stereocenters. The zero-order valence-corrected chi connectivity index (χ0v) is 24.7. The number of anilines is 1. The zero-order valence-electron chi connectivity index (χ0n) is 23.9. The zero-order chi connectivity index (χ0) is 29.0. The van der Waals surface area contributed by atoms with Crippen molar-refractivity contribution >= 4 is 27.5 Å². The van der Waals surface area contributed by atoms with E-state index in [-0.39, 0.29) is 17.3 Å². The van der Waals surface area contributed by atoms with Crippen LogP contribution in [0.25, 0.3) is 0 Å². The predicted octanol–water partition coefficient (Wildman–Crippen LogP) is 5.14. The van der Waals surface area contributed by atoms with Crippen LogP contribution in [0.4, 0.5) is 5.69 Å². The first-order valence-corrected chi connectivity index (χ1v) is 14.4. The third-order valence-corrected chi connectivity index (χ3v) is 8.03. The molecule has 0 heterocycles. The van der Waals surface area contributed by atoms with Gasteiger partial charge in [-0.15, -0.1) is 0 Å². The second-order valence-electron chi connectivity index (χ2n) is 11.1. The van der Waals surface area contributed by atoms with Gasteiger partial charge in [0.25, 0.3) is 10.0 Å². The molecular formula is C31H39N3O4S. The third-order valence-electron chi connectivity index (χ3n) is 6.24. The van der Waals surface area contributed by atoms with Crippen LogP contribution in [0.1, 0.15) is 49.9 Å². The van der Waals surface area contributed by atoms with Gasteiger partial charge in [0.1, 0.15) is 12.6 Å². The van der Waals surface area contributed by atoms with E-state index in [0.29, 0.717) is 5.69 Å². The Kier molecular flexibility index (Phi) is 9.22. The fourth-order valence-electron chi connectivity index (χ4n) is 4.30. The third kappa shape index (κ3) is 7.93. The lowest BCUT2D eigenvalue weighted by molar-refractivity contribution is -0.140. The van der Waals surface area contributed by atoms with Crippen molar-refractivity contribution in [2.75, 3.05) is 10.8 Å². The van der Waals surface area contributed by atoms with Gasteiger partial charge in [0, 0.05) is 12.1 Å². The SMILES string of the molecule is Cc1ccc(S(=O)(=O)N(CC(=O)N(Cc2ccccc2)[C@@H](C)C(=O)NC(C)(C)C)c2cc(C)cc(C)c2)cc1. The summed E-state index contributed by atoms with van der Waals surface area (Å²) >= 11 is 0. The van der Waals surface area contributed by atoms with Crippen LogP contribution in [0.3, 0.4) is 0 Å². The van der Waals surface area contributed by atoms with Crippen molar-refractivity contribution in [1.29, 1.82) is 0 Å². The van der Waals surface area contributed by atoms with Crippen molar-refractivity contribution in [3.63, 3.8) is 0 Å². The molecule has 0 fully saturated rings. The smallest absolute Gasteiger partial charge is 0.264 e. The van der Waals surface area contributed by atoms with Gasteiger partial charge in [-0.2, -0.15) is 0 Å². The van der Waals surface area contributed by atoms with E-state index < -0.39 is 34.1 Å². The molecule has 1 N–H and O–H groups in total. The van der Waals surface area contributed by atoms with Crippen molar-refractivity contribution in [3.05, 3.63) is 95.1 Å². The summed E-state index contributed by atoms with van der Waals surface area (Å²) < 4.78 is 29.0. The summed E-state index contributed by atoms with van der Waals surface area (Å²) in [6, 6.07) is 20.5. The van der Waals surface area contributed by atoms with Gasteiger partial charge in [0.05, 0.1) is 10.6 Å². The quantitative estimate of drug-likeness (QED) is 0.401. The average molecular weight is 550 g/mol. The highest BCUT2D eigenvalue weighted by molar-refractivity contribution is 7.92. The van der Waals surface area contributed by atoms with Gasteiger partial charge in [-0.3, -0.25) is 13.9 Å². The van der Waals surface area contributed by atoms with Crippen LogP contribution in [0.5, 0.6) is 0 Å². The normalized spacial score (nSPS) is 12.5. The summed E-state index contributed by atoms with van der Waals surface area (Å²) in [7, 11) is -4.10. The molecule has 7 nitrogen and oxygen atoms in total. The molecular weight excluding hydrogens is 510 g/mol. The van der Waals surface area contributed by atoms with Crippen LogP contribution in [0.15, 0.2) is 77.7 Å². The summed E-state index contributed by atoms with van der Waals surface area (Å²) in [5.41, 5.74) is 3.41. The van der Waals surface area contributed by atoms with Gasteiger partial charge in [-0.25, -0.2) is 8.42 Å². The number of nitrogens with zero attached hydrogens (tertiary/aromatic N) is 2. The summed E-state index contributed by atoms with van der Waals surface area (Å²) in [5, 5.41) is 2.94. The summed E-state index contributed by atoms with van der Waals surface area (Å²) in [4.78, 5) is 28.7. The molecule has 3 rings (SSSR count). The number of carbonyl (C=O) groups is 2. The average Bonchev–Trinajstić information content (AvgIpc) is 2.84. The first-order chi connectivity index (χ1) is 18.2. The monoisotopic (exact) mass is 549 g/mol. The molecule has 0 aliphatic heterocycles. The van der Waals surface area contributed by atoms with E-state index in [1.54, 1.807) is 43.3 Å². The van der Waals surface area contributed by atoms with E-state index >= 15 is 0 Å². The van der Waals surface area contributed by atoms with E-state index in [1.165, 1.54) is 4.90 Å². The van der Waals surface area contributed by atoms with E-state index in [1.807, 2.05) is 77.9 Å². The Balaban J connectivity index is 2.06. The minimum Gasteiger partial charge on any atom is -0.350 e. The summed E-state index contributed by atoms with van der Waals surface area (Å²) in [6.45, 7) is 12.6. The Labute approximate surface area is 232 Å². The van der Waals surface area contributed by atoms with Crippen LogP contribution in [-0.2, 0) is 26.2 Å². The van der Waals surface area contributed by atoms with Gasteiger partial charge in [-0.1, -0.05) is 54.1 Å². The van der Waals surface area contributed by atoms with Gasteiger partial charge in [0.15, 0.2) is 0 Å². The molecule has 0 spiro atoms. The van der Waals surface area contributed by atoms with Crippen LogP contribution in [0.2, 0.25) is 0 Å². The minimum absolute atomic E-state index is 0.0909. The number of nitrogens with one attached hydrogen (secondary N) is 1. The number of aryl methyl sites for hydroxylation is 3. The minimum atomic E-state index is -4.10. The highest BCUT2D eigenvalue weighted by Gasteiger charge is 2.33. The molecule has 0 saturated heterocycles. The Hall–Kier alpha value is -3.65. The van der Waals surface area contributed by atoms with Gasteiger partial charge < -0.3 is 10.2 Å². The van der Waals surface area contributed by atoms with Gasteiger partial charge in [-0.05, 0) is 89.4 Å². The maximum absolute atomic E-state index is 14.0. The maximum Gasteiger partial charge on any atom is 0.264 e. The van der Waals surface area contributed by atoms with Crippen LogP contribution in [-0.4, -0.2) is 43.3 Å². The largest absolute Gasteiger partial charge is 0.350 e. The molecule has 0 aliphatic carbocycles. The lowest BCUT2D eigenvalue weighted by Gasteiger charge is -2.33. The Bertz CT molecular complexity index is 1390. The Morgan fingerprint density at radius 1 is 0.846 bits per heavy atom. The first-order valence-electron chi connectivity index (χ1n) is 13.0. The van der Waals surface area contributed by atoms with Crippen LogP contribution in [0, 0.1) is 20.8 Å². The molecule has 3 aromatic carbocycles. The van der Waals surface area contributed by atoms with Gasteiger partial charge in [0.2, 0.25) is 11.8 Å². The van der Waals surface area contributed by atoms with Crippen molar-refractivity contribution in [1.82, 2.24) is 10.2 Å². The maximum atomic E-state index is 14.0. The fourth-order valence-corrected chi connectivity index (χ4v) is 5.70. The van der Waals surface area contributed by atoms with Crippen LogP contribution < -0.4 is 9.62 Å². The second kappa shape index (κ2) is 12.0. The molecule has 0 saturated carbocycles. The van der Waals surface area contributed by atoms with E-state index in [2.05, 4.69) is 5.32 Å². The highest BCUT2D eigenvalue weighted by Crippen LogP contribution is 2.27. The Morgan fingerprint density at radius 3 is 1.95 bits per heavy atom. The van der Waals surface area contributed by atoms with Crippen molar-refractivity contribution in [2.45, 2.75) is 71.5 Å². The number of hydrogen-bond donors (Lipinski definition) is 1. The molecule has 208 valence electrons. The highest BCUT2D eigenvalue weighted by atomic mass is 32.2. The van der Waals surface area contributed by atoms with Crippen molar-refractivity contribution in [3.8, 4) is 0 Å². The second-order valence-corrected chi connectivity index (χ2v) is 13.0. The summed E-state index contributed by atoms with van der Waals surface area (Å²) in [5.74, 6) is -0.795. The first kappa shape index (κ1) is 29.9. The molecule has 8 heteroatoms. The predicted molar refractivity (Wildman–Crippen MR) is 156 cm³/mol. The van der Waals surface area contributed by atoms with Gasteiger partial charge >= 0.3 is 0 Å². The molecule has 2 amide bonds. The summed E-state index contributed by atoms with van der Waals surface area (Å²) in [6.07, 6.45) is 0. The fraction of sp³-hybridized carbons (Fsp3) is 0.355. The number of rotatable bonds is 9. The van der Waals surface area contributed by atoms with E-state index in [4.69, 9.17) is 0 Å². The molecule has 0 aliphatic rings. The number of benzene rings is 3. The number of carbonyl (C=O) groups excluding carboxylic acids is 2. The number of amides is 2. The molecule has 3 aromatic rings. The standard InChI is InChI=1S/C31H39N3O4S/c1-22-13-15-28(16-14-22)39(37,38)34(27-18-23(2)17-24(3)19-27)21-29(35)33(20-26-11-9-8-10-12-26)25(4)30(36)32-31(5,6)7/h8-19,25H,20-21H2,1-7H3,(H,32,36)/t25-/m0/s1. The lowest BCUT2D eigenvalue weighted by Crippen LogP contribution is -2.54. The van der Waals surface area contributed by atoms with Crippen LogP contribution >= 0.6 is 0 Å². The number of hydrogen-bond acceptors (Lipinski definition) is 4. The van der Waals surface area contributed by atoms with E-state index in [0.717, 1.165) is 26.6 Å². The molecule has 0 aromatic heterocycles. The number of sulfonamides is 1. The van der Waals surface area contributed by atoms with Crippen molar-refractivity contribution in [2.24, 2.45) is 0 Å².